The summed E-state index contributed by atoms with van der Waals surface area (Å²) in [6.45, 7) is -3.66. The zero-order chi connectivity index (χ0) is 66.0. The van der Waals surface area contributed by atoms with E-state index in [9.17, 15) is 127 Å². The summed E-state index contributed by atoms with van der Waals surface area (Å²) in [6, 6.07) is -3.74. The normalized spacial score (nSPS) is 48.9. The van der Waals surface area contributed by atoms with E-state index in [2.05, 4.69) is 10.6 Å². The van der Waals surface area contributed by atoms with Crippen molar-refractivity contribution in [1.29, 1.82) is 0 Å². The van der Waals surface area contributed by atoms with Gasteiger partial charge in [-0.3, -0.25) is 9.59 Å². The Balaban J connectivity index is 1.22. The number of rotatable bonds is 23. The maximum absolute atomic E-state index is 13.3. The third kappa shape index (κ3) is 15.6. The van der Waals surface area contributed by atoms with E-state index in [1.165, 1.54) is 6.92 Å². The molecule has 7 saturated heterocycles. The summed E-state index contributed by atoms with van der Waals surface area (Å²) in [4.78, 5) is 38.7. The number of hydrogen-bond donors (Lipinski definition) is 24. The minimum absolute atomic E-state index is 0.859. The first kappa shape index (κ1) is 73.5. The predicted octanol–water partition coefficient (Wildman–Crippen LogP) is -15.8. The average Bonchev–Trinajstić information content (AvgIpc) is 0.852. The van der Waals surface area contributed by atoms with Gasteiger partial charge in [-0.2, -0.15) is 0 Å². The number of nitrogens with one attached hydrogen (secondary N) is 2. The second-order valence-electron chi connectivity index (χ2n) is 22.4. The van der Waals surface area contributed by atoms with Gasteiger partial charge in [0.2, 0.25) is 11.8 Å². The SMILES string of the molecule is CC(=O)N[C@H]1[C@H](O[C@H]2[C@@H](O)[C@@H](CO)O[C@H](O[C@H]3[C@@H](O)[C@@H](CO)O[C@@H](O[C@H]4[C@H](O)[C@@H](O)[C@H](O)O[C@@H]4CO)[C@@H]3O)[C@@H]2O)O[C@H](CO)[C@@H](O[C@@H]2O[C@H](CO)[C@H](O)[C@H](O[C@]3(C(=O)O)C[C@H](O)[C@@H](NC(C)=O)[C@H]([C@H](O)[C@H](O)CO)O3)[C@H]2O)[C@@H]1O[C@@H]1O[C@@H](C)[C@@H](O)[C@@H](O)[C@@H]1O. The van der Waals surface area contributed by atoms with Crippen molar-refractivity contribution in [3.05, 3.63) is 0 Å². The van der Waals surface area contributed by atoms with Crippen molar-refractivity contribution < 1.29 is 188 Å². The number of ether oxygens (including phenoxy) is 13. The van der Waals surface area contributed by atoms with Crippen LogP contribution in [0.5, 0.6) is 0 Å². The quantitative estimate of drug-likeness (QED) is 0.0452. The summed E-state index contributed by atoms with van der Waals surface area (Å²) >= 11 is 0. The summed E-state index contributed by atoms with van der Waals surface area (Å²) in [7, 11) is 0. The molecule has 0 aromatic carbocycles. The Kier molecular flexibility index (Phi) is 25.6. The first-order valence-corrected chi connectivity index (χ1v) is 28.1. The zero-order valence-corrected chi connectivity index (χ0v) is 47.5. The van der Waals surface area contributed by atoms with Crippen molar-refractivity contribution in [2.24, 2.45) is 0 Å². The van der Waals surface area contributed by atoms with Crippen molar-refractivity contribution in [3.63, 3.8) is 0 Å². The number of carbonyl (C=O) groups is 3. The van der Waals surface area contributed by atoms with Gasteiger partial charge in [0.05, 0.1) is 57.9 Å². The maximum atomic E-state index is 13.3. The molecule has 516 valence electrons. The van der Waals surface area contributed by atoms with Gasteiger partial charge in [-0.1, -0.05) is 0 Å². The molecule has 40 nitrogen and oxygen atoms in total. The Morgan fingerprint density at radius 1 is 0.461 bits per heavy atom. The van der Waals surface area contributed by atoms with Crippen LogP contribution >= 0.6 is 0 Å². The van der Waals surface area contributed by atoms with Crippen LogP contribution in [0.3, 0.4) is 0 Å². The molecule has 7 heterocycles. The van der Waals surface area contributed by atoms with Crippen LogP contribution in [-0.2, 0) is 76.0 Å². The minimum atomic E-state index is -3.28. The molecule has 0 radical (unpaired) electrons. The van der Waals surface area contributed by atoms with Crippen LogP contribution in [0.25, 0.3) is 0 Å². The van der Waals surface area contributed by atoms with E-state index < -0.39 is 284 Å². The van der Waals surface area contributed by atoms with Gasteiger partial charge in [0.1, 0.15) is 159 Å². The predicted molar refractivity (Wildman–Crippen MR) is 271 cm³/mol. The molecule has 0 unspecified atom stereocenters. The number of carbonyl (C=O) groups excluding carboxylic acids is 2. The highest BCUT2D eigenvalue weighted by molar-refractivity contribution is 5.76. The molecular weight excluding hydrogens is 1220 g/mol. The fraction of sp³-hybridized carbons (Fsp3) is 0.939. The Labute approximate surface area is 503 Å². The number of aliphatic hydroxyl groups excluding tert-OH is 21. The molecule has 0 saturated carbocycles. The second kappa shape index (κ2) is 31.1. The van der Waals surface area contributed by atoms with Crippen LogP contribution < -0.4 is 10.6 Å². The standard InChI is InChI=1S/C49H82N2O38/c1-11-23(62)28(67)31(70)44(77-11)85-38-22(51-13(3)59)43(86-39-25(64)16(6-53)80-46(32(39)71)87-40-26(65)17(7-54)79-45(33(40)72)83-35-19(9-56)78-42(74)30(69)29(35)68)82-20(10-57)36(38)84-47-34(73)41(27(66)18(8-55)81-47)89-49(48(75)76)4-14(60)21(50-12(2)58)37(88-49)24(63)15(61)5-52/h11,14-47,52-57,60-74H,4-10H2,1-3H3,(H,50,58)(H,51,59)(H,75,76)/t11-,14-,15+,16+,17+,18+,19+,20+,21+,22+,23+,24+,25-,26-,27-,28+,29+,30+,31-,32+,33+,34+,35+,36+,37+,38+,39-,40-,41-,42+,43-,44-,45-,46+,47-,49-/m0/s1. The van der Waals surface area contributed by atoms with E-state index >= 15 is 0 Å². The third-order valence-electron chi connectivity index (χ3n) is 16.3. The molecule has 0 aromatic heterocycles. The van der Waals surface area contributed by atoms with E-state index in [1.807, 2.05) is 0 Å². The first-order chi connectivity index (χ1) is 41.9. The fourth-order valence-corrected chi connectivity index (χ4v) is 11.4. The van der Waals surface area contributed by atoms with Crippen molar-refractivity contribution in [2.45, 2.75) is 248 Å². The van der Waals surface area contributed by atoms with Crippen LogP contribution in [0, 0.1) is 0 Å². The van der Waals surface area contributed by atoms with Crippen molar-refractivity contribution in [2.75, 3.05) is 39.6 Å². The molecule has 0 spiro atoms. The van der Waals surface area contributed by atoms with E-state index in [1.54, 1.807) is 0 Å². The van der Waals surface area contributed by atoms with Gasteiger partial charge in [0.15, 0.2) is 37.7 Å². The van der Waals surface area contributed by atoms with Gasteiger partial charge in [0.25, 0.3) is 5.79 Å². The van der Waals surface area contributed by atoms with Gasteiger partial charge < -0.3 is 185 Å². The summed E-state index contributed by atoms with van der Waals surface area (Å²) in [5.41, 5.74) is 0. The van der Waals surface area contributed by atoms with Crippen molar-refractivity contribution >= 4 is 17.8 Å². The molecule has 36 atom stereocenters. The van der Waals surface area contributed by atoms with Crippen molar-refractivity contribution in [3.8, 4) is 0 Å². The molecule has 7 aliphatic heterocycles. The lowest BCUT2D eigenvalue weighted by atomic mass is 9.88. The molecule has 7 rings (SSSR count). The number of aliphatic hydroxyl groups is 21. The molecule has 7 aliphatic rings. The van der Waals surface area contributed by atoms with Gasteiger partial charge in [-0.25, -0.2) is 4.79 Å². The molecule has 0 aromatic rings. The second-order valence-corrected chi connectivity index (χ2v) is 22.4. The van der Waals surface area contributed by atoms with E-state index in [-0.39, 0.29) is 0 Å². The first-order valence-electron chi connectivity index (χ1n) is 28.1. The minimum Gasteiger partial charge on any atom is -0.477 e. The van der Waals surface area contributed by atoms with Crippen LogP contribution in [-0.4, -0.2) is 390 Å². The van der Waals surface area contributed by atoms with E-state index in [0.29, 0.717) is 0 Å². The Hall–Kier alpha value is -2.95. The van der Waals surface area contributed by atoms with Gasteiger partial charge in [-0.05, 0) is 6.92 Å². The number of amides is 2. The van der Waals surface area contributed by atoms with Crippen LogP contribution in [0.15, 0.2) is 0 Å². The van der Waals surface area contributed by atoms with Gasteiger partial charge in [0, 0.05) is 20.3 Å². The van der Waals surface area contributed by atoms with Gasteiger partial charge >= 0.3 is 5.97 Å². The molecule has 2 amide bonds. The van der Waals surface area contributed by atoms with Crippen LogP contribution in [0.1, 0.15) is 27.2 Å². The molecular formula is C49H82N2O38. The number of carboxylic acids is 1. The summed E-state index contributed by atoms with van der Waals surface area (Å²) in [6.07, 6.45) is -70.0. The highest BCUT2D eigenvalue weighted by Crippen LogP contribution is 2.41. The monoisotopic (exact) mass is 1310 g/mol. The summed E-state index contributed by atoms with van der Waals surface area (Å²) in [5.74, 6) is -7.28. The van der Waals surface area contributed by atoms with Crippen LogP contribution in [0.4, 0.5) is 0 Å². The lowest BCUT2D eigenvalue weighted by molar-refractivity contribution is -0.401. The molecule has 89 heavy (non-hydrogen) atoms. The summed E-state index contributed by atoms with van der Waals surface area (Å²) in [5, 5.41) is 244. The average molecular weight is 1310 g/mol. The highest BCUT2D eigenvalue weighted by atomic mass is 16.8. The number of carboxylic acid groups (broad SMARTS) is 1. The fourth-order valence-electron chi connectivity index (χ4n) is 11.4. The molecule has 40 heteroatoms. The van der Waals surface area contributed by atoms with Gasteiger partial charge in [-0.15, -0.1) is 0 Å². The largest absolute Gasteiger partial charge is 0.477 e. The highest BCUT2D eigenvalue weighted by Gasteiger charge is 2.62. The molecule has 7 fully saturated rings. The van der Waals surface area contributed by atoms with Crippen molar-refractivity contribution in [1.82, 2.24) is 10.6 Å². The zero-order valence-electron chi connectivity index (χ0n) is 47.5. The summed E-state index contributed by atoms with van der Waals surface area (Å²) < 4.78 is 75.3. The maximum Gasteiger partial charge on any atom is 0.364 e. The van der Waals surface area contributed by atoms with Crippen LogP contribution in [0.2, 0.25) is 0 Å². The number of aliphatic carboxylic acids is 1. The lowest BCUT2D eigenvalue weighted by Crippen LogP contribution is -2.72. The third-order valence-corrected chi connectivity index (χ3v) is 16.3. The molecule has 0 bridgehead atoms. The molecule has 24 N–H and O–H groups in total. The topological polar surface area (TPSA) is 640 Å². The van der Waals surface area contributed by atoms with E-state index in [0.717, 1.165) is 13.8 Å². The van der Waals surface area contributed by atoms with E-state index in [4.69, 9.17) is 61.6 Å². The smallest absolute Gasteiger partial charge is 0.364 e. The Bertz CT molecular complexity index is 2270. The lowest BCUT2D eigenvalue weighted by Gasteiger charge is -2.52. The Morgan fingerprint density at radius 3 is 1.36 bits per heavy atom. The Morgan fingerprint density at radius 2 is 0.876 bits per heavy atom. The number of hydrogen-bond acceptors (Lipinski definition) is 37. The molecule has 0 aliphatic carbocycles.